The molecular formula is C16H22N2O2. The summed E-state index contributed by atoms with van der Waals surface area (Å²) in [6.45, 7) is 2.86. The van der Waals surface area contributed by atoms with E-state index in [-0.39, 0.29) is 24.2 Å². The number of amides is 2. The van der Waals surface area contributed by atoms with Crippen LogP contribution in [-0.2, 0) is 9.59 Å². The second-order valence-electron chi connectivity index (χ2n) is 5.24. The Hall–Kier alpha value is -1.84. The summed E-state index contributed by atoms with van der Waals surface area (Å²) in [7, 11) is 0. The maximum absolute atomic E-state index is 12.2. The van der Waals surface area contributed by atoms with Crippen molar-refractivity contribution in [1.82, 2.24) is 5.32 Å². The lowest BCUT2D eigenvalue weighted by molar-refractivity contribution is -0.126. The van der Waals surface area contributed by atoms with Gasteiger partial charge in [-0.1, -0.05) is 44.4 Å². The van der Waals surface area contributed by atoms with Gasteiger partial charge in [-0.25, -0.2) is 0 Å². The van der Waals surface area contributed by atoms with Gasteiger partial charge in [0.05, 0.1) is 5.92 Å². The molecule has 0 bridgehead atoms. The first-order chi connectivity index (χ1) is 9.72. The maximum Gasteiger partial charge on any atom is 0.228 e. The van der Waals surface area contributed by atoms with Gasteiger partial charge in [-0.05, 0) is 18.1 Å². The molecule has 0 radical (unpaired) electrons. The van der Waals surface area contributed by atoms with Gasteiger partial charge in [-0.2, -0.15) is 0 Å². The van der Waals surface area contributed by atoms with Crippen LogP contribution in [0.2, 0.25) is 0 Å². The molecule has 1 atom stereocenters. The minimum Gasteiger partial charge on any atom is -0.356 e. The van der Waals surface area contributed by atoms with Crippen molar-refractivity contribution in [2.75, 3.05) is 11.9 Å². The Balaban J connectivity index is 1.94. The number of unbranched alkanes of at least 4 members (excludes halogenated alkanes) is 3. The zero-order valence-electron chi connectivity index (χ0n) is 11.9. The predicted octanol–water partition coefficient (Wildman–Crippen LogP) is 2.81. The summed E-state index contributed by atoms with van der Waals surface area (Å²) in [5, 5.41) is 5.76. The van der Waals surface area contributed by atoms with Gasteiger partial charge in [0.2, 0.25) is 11.8 Å². The lowest BCUT2D eigenvalue weighted by Crippen LogP contribution is -2.35. The van der Waals surface area contributed by atoms with E-state index in [0.717, 1.165) is 24.1 Å². The van der Waals surface area contributed by atoms with E-state index in [1.807, 2.05) is 24.3 Å². The molecule has 2 amide bonds. The highest BCUT2D eigenvalue weighted by molar-refractivity contribution is 6.01. The molecule has 1 aliphatic rings. The second kappa shape index (κ2) is 7.08. The fraction of sp³-hybridized carbons (Fsp3) is 0.500. The van der Waals surface area contributed by atoms with Crippen molar-refractivity contribution in [1.29, 1.82) is 0 Å². The first-order valence-corrected chi connectivity index (χ1v) is 7.39. The van der Waals surface area contributed by atoms with E-state index in [2.05, 4.69) is 17.6 Å². The van der Waals surface area contributed by atoms with Crippen molar-refractivity contribution in [3.05, 3.63) is 29.8 Å². The zero-order chi connectivity index (χ0) is 14.4. The molecule has 20 heavy (non-hydrogen) atoms. The minimum absolute atomic E-state index is 0.0381. The molecule has 1 unspecified atom stereocenters. The number of carbonyl (C=O) groups is 2. The molecule has 108 valence electrons. The van der Waals surface area contributed by atoms with E-state index in [1.165, 1.54) is 12.8 Å². The van der Waals surface area contributed by atoms with Gasteiger partial charge >= 0.3 is 0 Å². The van der Waals surface area contributed by atoms with Crippen molar-refractivity contribution in [3.8, 4) is 0 Å². The highest BCUT2D eigenvalue weighted by atomic mass is 16.2. The summed E-state index contributed by atoms with van der Waals surface area (Å²) >= 11 is 0. The van der Waals surface area contributed by atoms with Gasteiger partial charge < -0.3 is 10.6 Å². The Morgan fingerprint density at radius 3 is 2.90 bits per heavy atom. The van der Waals surface area contributed by atoms with E-state index in [4.69, 9.17) is 0 Å². The molecule has 4 nitrogen and oxygen atoms in total. The van der Waals surface area contributed by atoms with Crippen LogP contribution in [-0.4, -0.2) is 18.4 Å². The van der Waals surface area contributed by atoms with Crippen molar-refractivity contribution in [3.63, 3.8) is 0 Å². The van der Waals surface area contributed by atoms with Crippen molar-refractivity contribution in [2.45, 2.75) is 44.9 Å². The normalized spacial score (nSPS) is 17.2. The Kier molecular flexibility index (Phi) is 5.16. The maximum atomic E-state index is 12.2. The third-order valence-electron chi connectivity index (χ3n) is 3.65. The van der Waals surface area contributed by atoms with E-state index >= 15 is 0 Å². The van der Waals surface area contributed by atoms with E-state index in [9.17, 15) is 9.59 Å². The number of benzene rings is 1. The first kappa shape index (κ1) is 14.6. The molecule has 2 rings (SSSR count). The quantitative estimate of drug-likeness (QED) is 0.784. The molecule has 0 saturated carbocycles. The number of anilines is 1. The predicted molar refractivity (Wildman–Crippen MR) is 79.6 cm³/mol. The average Bonchev–Trinajstić information content (AvgIpc) is 2.46. The van der Waals surface area contributed by atoms with Crippen LogP contribution >= 0.6 is 0 Å². The summed E-state index contributed by atoms with van der Waals surface area (Å²) in [6.07, 6.45) is 4.76. The number of hydrogen-bond acceptors (Lipinski definition) is 2. The SMILES string of the molecule is CCCCCCNC(=O)C1CC(=O)Nc2ccccc21. The molecular weight excluding hydrogens is 252 g/mol. The lowest BCUT2D eigenvalue weighted by Gasteiger charge is -2.24. The average molecular weight is 274 g/mol. The van der Waals surface area contributed by atoms with Gasteiger partial charge in [-0.3, -0.25) is 9.59 Å². The Morgan fingerprint density at radius 1 is 1.30 bits per heavy atom. The summed E-state index contributed by atoms with van der Waals surface area (Å²) in [5.41, 5.74) is 1.67. The topological polar surface area (TPSA) is 58.2 Å². The fourth-order valence-electron chi connectivity index (χ4n) is 2.53. The molecule has 0 aromatic heterocycles. The monoisotopic (exact) mass is 274 g/mol. The number of rotatable bonds is 6. The van der Waals surface area contributed by atoms with Crippen LogP contribution < -0.4 is 10.6 Å². The lowest BCUT2D eigenvalue weighted by atomic mass is 9.90. The van der Waals surface area contributed by atoms with Crippen molar-refractivity contribution in [2.24, 2.45) is 0 Å². The largest absolute Gasteiger partial charge is 0.356 e. The minimum atomic E-state index is -0.355. The Bertz CT molecular complexity index is 485. The van der Waals surface area contributed by atoms with Gasteiger partial charge in [0, 0.05) is 18.7 Å². The molecule has 1 aromatic rings. The second-order valence-corrected chi connectivity index (χ2v) is 5.24. The van der Waals surface area contributed by atoms with Crippen LogP contribution in [0.3, 0.4) is 0 Å². The first-order valence-electron chi connectivity index (χ1n) is 7.39. The highest BCUT2D eigenvalue weighted by Crippen LogP contribution is 2.31. The summed E-state index contributed by atoms with van der Waals surface area (Å²) in [4.78, 5) is 23.9. The number of nitrogens with one attached hydrogen (secondary N) is 2. The van der Waals surface area contributed by atoms with Crippen molar-refractivity contribution >= 4 is 17.5 Å². The van der Waals surface area contributed by atoms with Crippen LogP contribution in [0.25, 0.3) is 0 Å². The highest BCUT2D eigenvalue weighted by Gasteiger charge is 2.29. The molecule has 1 aromatic carbocycles. The van der Waals surface area contributed by atoms with E-state index in [1.54, 1.807) is 0 Å². The standard InChI is InChI=1S/C16H22N2O2/c1-2-3-4-7-10-17-16(20)13-11-15(19)18-14-9-6-5-8-12(13)14/h5-6,8-9,13H,2-4,7,10-11H2,1H3,(H,17,20)(H,18,19). The molecule has 0 spiro atoms. The Labute approximate surface area is 119 Å². The molecule has 0 fully saturated rings. The summed E-state index contributed by atoms with van der Waals surface area (Å²) < 4.78 is 0. The van der Waals surface area contributed by atoms with Gasteiger partial charge in [-0.15, -0.1) is 0 Å². The number of para-hydroxylation sites is 1. The van der Waals surface area contributed by atoms with E-state index in [0.29, 0.717) is 6.54 Å². The van der Waals surface area contributed by atoms with Gasteiger partial charge in [0.25, 0.3) is 0 Å². The van der Waals surface area contributed by atoms with Gasteiger partial charge in [0.15, 0.2) is 0 Å². The Morgan fingerprint density at radius 2 is 2.10 bits per heavy atom. The van der Waals surface area contributed by atoms with Crippen LogP contribution in [0.5, 0.6) is 0 Å². The molecule has 1 heterocycles. The summed E-state index contributed by atoms with van der Waals surface area (Å²) in [5.74, 6) is -0.482. The third kappa shape index (κ3) is 3.59. The number of fused-ring (bicyclic) bond motifs is 1. The van der Waals surface area contributed by atoms with Crippen LogP contribution in [0.4, 0.5) is 5.69 Å². The fourth-order valence-corrected chi connectivity index (χ4v) is 2.53. The molecule has 2 N–H and O–H groups in total. The van der Waals surface area contributed by atoms with Crippen LogP contribution in [0.1, 0.15) is 50.5 Å². The molecule has 0 aliphatic carbocycles. The zero-order valence-corrected chi connectivity index (χ0v) is 11.9. The third-order valence-corrected chi connectivity index (χ3v) is 3.65. The summed E-state index contributed by atoms with van der Waals surface area (Å²) in [6, 6.07) is 7.52. The van der Waals surface area contributed by atoms with Crippen molar-refractivity contribution < 1.29 is 9.59 Å². The molecule has 4 heteroatoms. The number of hydrogen-bond donors (Lipinski definition) is 2. The molecule has 1 aliphatic heterocycles. The molecule has 0 saturated heterocycles. The van der Waals surface area contributed by atoms with Gasteiger partial charge in [0.1, 0.15) is 0 Å². The van der Waals surface area contributed by atoms with Crippen LogP contribution in [0, 0.1) is 0 Å². The smallest absolute Gasteiger partial charge is 0.228 e. The van der Waals surface area contributed by atoms with Crippen LogP contribution in [0.15, 0.2) is 24.3 Å². The number of carbonyl (C=O) groups excluding carboxylic acids is 2. The van der Waals surface area contributed by atoms with E-state index < -0.39 is 0 Å².